The number of hydrogen-bond donors (Lipinski definition) is 1. The summed E-state index contributed by atoms with van der Waals surface area (Å²) in [6, 6.07) is 18.8. The highest BCUT2D eigenvalue weighted by molar-refractivity contribution is 7.92. The van der Waals surface area contributed by atoms with E-state index in [4.69, 9.17) is 4.74 Å². The second-order valence-electron chi connectivity index (χ2n) is 9.70. The molecule has 0 aliphatic carbocycles. The number of carbonyl (C=O) groups excluding carboxylic acids is 2. The summed E-state index contributed by atoms with van der Waals surface area (Å²) in [7, 11) is -1.86. The Morgan fingerprint density at radius 2 is 1.65 bits per heavy atom. The topological polar surface area (TPSA) is 92.8 Å². The lowest BCUT2D eigenvalue weighted by Gasteiger charge is -2.23. The van der Waals surface area contributed by atoms with Gasteiger partial charge in [0, 0.05) is 35.6 Å². The molecule has 7 nitrogen and oxygen atoms in total. The van der Waals surface area contributed by atoms with Gasteiger partial charge >= 0.3 is 5.97 Å². The molecule has 8 heteroatoms. The van der Waals surface area contributed by atoms with Crippen molar-refractivity contribution in [2.24, 2.45) is 0 Å². The number of nitrogens with one attached hydrogen (secondary N) is 1. The minimum atomic E-state index is -3.77. The molecule has 0 spiro atoms. The van der Waals surface area contributed by atoms with Crippen molar-refractivity contribution >= 4 is 33.2 Å². The largest absolute Gasteiger partial charge is 0.454 e. The molecular formula is C29H30N2O5S. The number of anilines is 2. The fraction of sp³-hybridized carbons (Fsp3) is 0.241. The van der Waals surface area contributed by atoms with Crippen LogP contribution in [0.3, 0.4) is 0 Å². The maximum atomic E-state index is 12.7. The predicted molar refractivity (Wildman–Crippen MR) is 144 cm³/mol. The van der Waals surface area contributed by atoms with E-state index in [1.165, 1.54) is 30.3 Å². The van der Waals surface area contributed by atoms with Crippen molar-refractivity contribution in [3.63, 3.8) is 0 Å². The molecule has 192 valence electrons. The zero-order valence-electron chi connectivity index (χ0n) is 21.5. The monoisotopic (exact) mass is 518 g/mol. The highest BCUT2D eigenvalue weighted by Crippen LogP contribution is 2.46. The number of aryl methyl sites for hydroxylation is 2. The molecule has 3 aromatic rings. The molecule has 1 heterocycles. The van der Waals surface area contributed by atoms with Crippen LogP contribution in [0.1, 0.15) is 40.9 Å². The molecule has 0 bridgehead atoms. The average Bonchev–Trinajstić information content (AvgIpc) is 3.05. The van der Waals surface area contributed by atoms with Crippen molar-refractivity contribution < 1.29 is 22.7 Å². The zero-order chi connectivity index (χ0) is 27.0. The lowest BCUT2D eigenvalue weighted by molar-refractivity contribution is -0.117. The summed E-state index contributed by atoms with van der Waals surface area (Å²) in [5, 5.41) is 0. The number of esters is 1. The molecule has 1 aliphatic rings. The van der Waals surface area contributed by atoms with Crippen molar-refractivity contribution in [3.8, 4) is 0 Å². The summed E-state index contributed by atoms with van der Waals surface area (Å²) in [5.41, 5.74) is 5.03. The number of sulfonamides is 1. The third-order valence-electron chi connectivity index (χ3n) is 6.75. The Balaban J connectivity index is 1.38. The number of benzene rings is 3. The number of ketones is 1. The highest BCUT2D eigenvalue weighted by Gasteiger charge is 2.38. The minimum absolute atomic E-state index is 0.158. The van der Waals surface area contributed by atoms with Crippen molar-refractivity contribution in [2.45, 2.75) is 38.0 Å². The molecular weight excluding hydrogens is 488 g/mol. The van der Waals surface area contributed by atoms with Gasteiger partial charge in [-0.1, -0.05) is 38.1 Å². The molecule has 0 saturated carbocycles. The number of fused-ring (bicyclic) bond motifs is 1. The number of ether oxygens (including phenoxy) is 1. The molecule has 0 unspecified atom stereocenters. The van der Waals surface area contributed by atoms with Crippen molar-refractivity contribution in [1.82, 2.24) is 0 Å². The Morgan fingerprint density at radius 1 is 0.973 bits per heavy atom. The summed E-state index contributed by atoms with van der Waals surface area (Å²) in [4.78, 5) is 27.3. The van der Waals surface area contributed by atoms with E-state index in [0.29, 0.717) is 5.69 Å². The lowest BCUT2D eigenvalue weighted by Crippen LogP contribution is -2.25. The van der Waals surface area contributed by atoms with Crippen LogP contribution in [0.15, 0.2) is 83.4 Å². The molecule has 1 N–H and O–H groups in total. The van der Waals surface area contributed by atoms with Crippen LogP contribution in [-0.4, -0.2) is 33.8 Å². The van der Waals surface area contributed by atoms with E-state index < -0.39 is 22.6 Å². The summed E-state index contributed by atoms with van der Waals surface area (Å²) in [6.45, 7) is 7.46. The maximum Gasteiger partial charge on any atom is 0.338 e. The Morgan fingerprint density at radius 3 is 2.30 bits per heavy atom. The van der Waals surface area contributed by atoms with E-state index in [2.05, 4.69) is 18.6 Å². The molecule has 3 aromatic carbocycles. The van der Waals surface area contributed by atoms with Gasteiger partial charge in [-0.05, 0) is 73.0 Å². The number of allylic oxidation sites excluding steroid dienone is 1. The number of rotatable bonds is 7. The third kappa shape index (κ3) is 5.29. The lowest BCUT2D eigenvalue weighted by atomic mass is 9.83. The van der Waals surface area contributed by atoms with Gasteiger partial charge in [0.05, 0.1) is 10.5 Å². The zero-order valence-corrected chi connectivity index (χ0v) is 22.3. The number of hydrogen-bond acceptors (Lipinski definition) is 6. The van der Waals surface area contributed by atoms with Gasteiger partial charge in [-0.25, -0.2) is 13.2 Å². The smallest absolute Gasteiger partial charge is 0.338 e. The van der Waals surface area contributed by atoms with Gasteiger partial charge in [-0.15, -0.1) is 0 Å². The Hall–Kier alpha value is -3.91. The van der Waals surface area contributed by atoms with Gasteiger partial charge < -0.3 is 9.64 Å². The van der Waals surface area contributed by atoms with Crippen LogP contribution in [0.25, 0.3) is 0 Å². The molecule has 4 rings (SSSR count). The quantitative estimate of drug-likeness (QED) is 0.344. The van der Waals surface area contributed by atoms with Crippen molar-refractivity contribution in [3.05, 3.63) is 101 Å². The Bertz CT molecular complexity index is 1510. The van der Waals surface area contributed by atoms with E-state index in [0.717, 1.165) is 28.1 Å². The molecule has 0 saturated heterocycles. The van der Waals surface area contributed by atoms with Gasteiger partial charge in [0.15, 0.2) is 12.4 Å². The van der Waals surface area contributed by atoms with Gasteiger partial charge in [0.25, 0.3) is 10.0 Å². The highest BCUT2D eigenvalue weighted by atomic mass is 32.2. The third-order valence-corrected chi connectivity index (χ3v) is 8.12. The van der Waals surface area contributed by atoms with Crippen LogP contribution in [-0.2, 0) is 25.0 Å². The summed E-state index contributed by atoms with van der Waals surface area (Å²) in [6.07, 6.45) is 1.53. The number of nitrogens with zero attached hydrogens (tertiary/aromatic N) is 1. The van der Waals surface area contributed by atoms with Gasteiger partial charge in [-0.3, -0.25) is 9.52 Å². The standard InChI is InChI=1S/C29H30N2O5S/c1-19-10-15-24(16-20(19)2)37(34,35)30-22-13-11-21(12-14-22)28(33)36-18-23(32)17-27-29(3,4)25-8-6-7-9-26(25)31(27)5/h6-17,30H,18H2,1-5H3/b27-17+. The van der Waals surface area contributed by atoms with Gasteiger partial charge in [0.2, 0.25) is 0 Å². The number of likely N-dealkylation sites (N-methyl/N-ethyl adjacent to an activating group) is 1. The molecule has 0 fully saturated rings. The van der Waals surface area contributed by atoms with E-state index in [1.807, 2.05) is 50.1 Å². The first-order chi connectivity index (χ1) is 17.4. The SMILES string of the molecule is Cc1ccc(S(=O)(=O)Nc2ccc(C(=O)OCC(=O)/C=C3/N(C)c4ccccc4C3(C)C)cc2)cc1C. The van der Waals surface area contributed by atoms with Crippen molar-refractivity contribution in [2.75, 3.05) is 23.3 Å². The summed E-state index contributed by atoms with van der Waals surface area (Å²) >= 11 is 0. The number of para-hydroxylation sites is 1. The average molecular weight is 519 g/mol. The van der Waals surface area contributed by atoms with Crippen LogP contribution in [0, 0.1) is 13.8 Å². The van der Waals surface area contributed by atoms with E-state index in [1.54, 1.807) is 18.2 Å². The van der Waals surface area contributed by atoms with Crippen LogP contribution in [0.5, 0.6) is 0 Å². The summed E-state index contributed by atoms with van der Waals surface area (Å²) in [5.74, 6) is -0.994. The fourth-order valence-corrected chi connectivity index (χ4v) is 5.59. The minimum Gasteiger partial charge on any atom is -0.454 e. The molecule has 1 aliphatic heterocycles. The normalized spacial score (nSPS) is 15.4. The Labute approximate surface area is 217 Å². The molecule has 0 atom stereocenters. The maximum absolute atomic E-state index is 12.7. The number of carbonyl (C=O) groups is 2. The second kappa shape index (κ2) is 9.86. The van der Waals surface area contributed by atoms with Gasteiger partial charge in [0.1, 0.15) is 0 Å². The van der Waals surface area contributed by atoms with Crippen LogP contribution >= 0.6 is 0 Å². The molecule has 0 radical (unpaired) electrons. The molecule has 0 aromatic heterocycles. The van der Waals surface area contributed by atoms with E-state index in [-0.39, 0.29) is 21.7 Å². The van der Waals surface area contributed by atoms with Crippen LogP contribution in [0.4, 0.5) is 11.4 Å². The fourth-order valence-electron chi connectivity index (χ4n) is 4.44. The first kappa shape index (κ1) is 26.2. The predicted octanol–water partition coefficient (Wildman–Crippen LogP) is 5.14. The molecule has 37 heavy (non-hydrogen) atoms. The first-order valence-electron chi connectivity index (χ1n) is 11.9. The Kier molecular flexibility index (Phi) is 6.97. The van der Waals surface area contributed by atoms with Gasteiger partial charge in [-0.2, -0.15) is 0 Å². The summed E-state index contributed by atoms with van der Waals surface area (Å²) < 4.78 is 33.1. The first-order valence-corrected chi connectivity index (χ1v) is 13.3. The van der Waals surface area contributed by atoms with Crippen molar-refractivity contribution in [1.29, 1.82) is 0 Å². The second-order valence-corrected chi connectivity index (χ2v) is 11.4. The molecule has 0 amide bonds. The van der Waals surface area contributed by atoms with E-state index in [9.17, 15) is 18.0 Å². The van der Waals surface area contributed by atoms with Crippen LogP contribution < -0.4 is 9.62 Å². The van der Waals surface area contributed by atoms with E-state index >= 15 is 0 Å². The van der Waals surface area contributed by atoms with Crippen LogP contribution in [0.2, 0.25) is 0 Å².